The van der Waals surface area contributed by atoms with Crippen LogP contribution >= 0.6 is 11.6 Å². The molecule has 0 spiro atoms. The molecular formula is C13H15ClN4O3S. The van der Waals surface area contributed by atoms with Crippen molar-refractivity contribution >= 4 is 38.4 Å². The number of carbonyl (C=O) groups excluding carboxylic acids is 1. The minimum absolute atomic E-state index is 0.143. The van der Waals surface area contributed by atoms with Crippen LogP contribution in [0.3, 0.4) is 0 Å². The number of hydrogen-bond donors (Lipinski definition) is 4. The van der Waals surface area contributed by atoms with Gasteiger partial charge < -0.3 is 16.0 Å². The lowest BCUT2D eigenvalue weighted by molar-refractivity contribution is 0.0993. The van der Waals surface area contributed by atoms with E-state index in [2.05, 4.69) is 15.0 Å². The highest BCUT2D eigenvalue weighted by molar-refractivity contribution is 7.89. The summed E-state index contributed by atoms with van der Waals surface area (Å²) in [7, 11) is -3.90. The summed E-state index contributed by atoms with van der Waals surface area (Å²) in [5.74, 6) is -0.836. The molecule has 1 amide bonds. The predicted octanol–water partition coefficient (Wildman–Crippen LogP) is 0.560. The summed E-state index contributed by atoms with van der Waals surface area (Å²) in [5.41, 5.74) is 5.66. The molecule has 22 heavy (non-hydrogen) atoms. The Morgan fingerprint density at radius 3 is 2.82 bits per heavy atom. The quantitative estimate of drug-likeness (QED) is 0.649. The molecule has 0 bridgehead atoms. The van der Waals surface area contributed by atoms with Gasteiger partial charge in [0.15, 0.2) is 0 Å². The molecule has 1 atom stereocenters. The molecule has 2 aromatic rings. The molecule has 118 valence electrons. The maximum Gasteiger partial charge on any atom is 0.266 e. The van der Waals surface area contributed by atoms with Gasteiger partial charge >= 0.3 is 0 Å². The number of aromatic nitrogens is 1. The second-order valence-electron chi connectivity index (χ2n) is 5.19. The van der Waals surface area contributed by atoms with E-state index in [1.807, 2.05) is 0 Å². The van der Waals surface area contributed by atoms with Crippen molar-refractivity contribution in [3.8, 4) is 0 Å². The van der Waals surface area contributed by atoms with E-state index in [-0.39, 0.29) is 16.6 Å². The van der Waals surface area contributed by atoms with E-state index < -0.39 is 15.9 Å². The Hall–Kier alpha value is -1.61. The highest BCUT2D eigenvalue weighted by Crippen LogP contribution is 2.29. The number of fused-ring (bicyclic) bond motifs is 1. The number of benzene rings is 1. The summed E-state index contributed by atoms with van der Waals surface area (Å²) in [4.78, 5) is 14.2. The number of hydrogen-bond acceptors (Lipinski definition) is 4. The van der Waals surface area contributed by atoms with E-state index in [4.69, 9.17) is 17.3 Å². The highest BCUT2D eigenvalue weighted by Gasteiger charge is 2.30. The van der Waals surface area contributed by atoms with Gasteiger partial charge in [-0.1, -0.05) is 11.6 Å². The lowest BCUT2D eigenvalue weighted by atomic mass is 10.2. The van der Waals surface area contributed by atoms with Crippen molar-refractivity contribution in [2.45, 2.75) is 17.4 Å². The normalized spacial score (nSPS) is 18.9. The number of amides is 1. The first-order valence-electron chi connectivity index (χ1n) is 6.72. The average molecular weight is 343 g/mol. The molecule has 3 rings (SSSR count). The van der Waals surface area contributed by atoms with Gasteiger partial charge in [0.25, 0.3) is 5.91 Å². The first kappa shape index (κ1) is 15.3. The SMILES string of the molecule is NC(=O)c1[nH]c2ccc(Cl)cc2c1S(=O)(=O)NC1CCNC1. The number of rotatable bonds is 4. The molecule has 1 fully saturated rings. The maximum absolute atomic E-state index is 12.7. The van der Waals surface area contributed by atoms with Crippen LogP contribution in [-0.2, 0) is 10.0 Å². The number of aromatic amines is 1. The van der Waals surface area contributed by atoms with Gasteiger partial charge in [-0.3, -0.25) is 4.79 Å². The fraction of sp³-hybridized carbons (Fsp3) is 0.308. The van der Waals surface area contributed by atoms with Gasteiger partial charge in [0.2, 0.25) is 10.0 Å². The van der Waals surface area contributed by atoms with E-state index >= 15 is 0 Å². The molecule has 5 N–H and O–H groups in total. The number of halogens is 1. The summed E-state index contributed by atoms with van der Waals surface area (Å²) in [6, 6.07) is 4.51. The summed E-state index contributed by atoms with van der Waals surface area (Å²) in [5, 5.41) is 3.80. The minimum atomic E-state index is -3.90. The molecule has 1 aromatic carbocycles. The average Bonchev–Trinajstić information content (AvgIpc) is 3.04. The molecule has 1 aliphatic rings. The highest BCUT2D eigenvalue weighted by atomic mass is 35.5. The Balaban J connectivity index is 2.16. The summed E-state index contributed by atoms with van der Waals surface area (Å²) >= 11 is 5.94. The van der Waals surface area contributed by atoms with Crippen LogP contribution in [0.5, 0.6) is 0 Å². The Bertz CT molecular complexity index is 840. The van der Waals surface area contributed by atoms with E-state index in [0.717, 1.165) is 6.54 Å². The van der Waals surface area contributed by atoms with Crippen LogP contribution < -0.4 is 15.8 Å². The number of nitrogens with one attached hydrogen (secondary N) is 3. The largest absolute Gasteiger partial charge is 0.364 e. The first-order valence-corrected chi connectivity index (χ1v) is 8.58. The second-order valence-corrected chi connectivity index (χ2v) is 7.28. The fourth-order valence-corrected chi connectivity index (χ4v) is 4.43. The van der Waals surface area contributed by atoms with Crippen LogP contribution in [-0.4, -0.2) is 38.4 Å². The van der Waals surface area contributed by atoms with E-state index in [9.17, 15) is 13.2 Å². The molecule has 0 aliphatic carbocycles. The van der Waals surface area contributed by atoms with Crippen molar-refractivity contribution in [1.29, 1.82) is 0 Å². The van der Waals surface area contributed by atoms with Gasteiger partial charge in [0, 0.05) is 28.5 Å². The zero-order valence-corrected chi connectivity index (χ0v) is 13.1. The first-order chi connectivity index (χ1) is 10.4. The van der Waals surface area contributed by atoms with Crippen LogP contribution in [0.2, 0.25) is 5.02 Å². The molecule has 1 unspecified atom stereocenters. The molecule has 2 heterocycles. The summed E-state index contributed by atoms with van der Waals surface area (Å²) in [6.45, 7) is 1.30. The topological polar surface area (TPSA) is 117 Å². The second kappa shape index (κ2) is 5.54. The van der Waals surface area contributed by atoms with Crippen LogP contribution in [0.4, 0.5) is 0 Å². The van der Waals surface area contributed by atoms with E-state index in [1.165, 1.54) is 6.07 Å². The van der Waals surface area contributed by atoms with Gasteiger partial charge in [0.05, 0.1) is 0 Å². The van der Waals surface area contributed by atoms with E-state index in [1.54, 1.807) is 12.1 Å². The molecule has 9 heteroatoms. The molecular weight excluding hydrogens is 328 g/mol. The molecule has 7 nitrogen and oxygen atoms in total. The zero-order chi connectivity index (χ0) is 15.9. The van der Waals surface area contributed by atoms with Crippen LogP contribution in [0.1, 0.15) is 16.9 Å². The van der Waals surface area contributed by atoms with Crippen molar-refractivity contribution in [3.63, 3.8) is 0 Å². The molecule has 0 saturated carbocycles. The fourth-order valence-electron chi connectivity index (χ4n) is 2.63. The molecule has 1 aliphatic heterocycles. The number of carbonyl (C=O) groups is 1. The smallest absolute Gasteiger partial charge is 0.266 e. The Morgan fingerprint density at radius 2 is 2.18 bits per heavy atom. The third-order valence-electron chi connectivity index (χ3n) is 3.61. The molecule has 1 aromatic heterocycles. The Labute approximate surface area is 132 Å². The van der Waals surface area contributed by atoms with Crippen molar-refractivity contribution in [1.82, 2.24) is 15.0 Å². The van der Waals surface area contributed by atoms with Crippen molar-refractivity contribution in [3.05, 3.63) is 28.9 Å². The standard InChI is InChI=1S/C13H15ClN4O3S/c14-7-1-2-10-9(5-7)12(11(17-10)13(15)19)22(20,21)18-8-3-4-16-6-8/h1-2,5,8,16-18H,3-4,6H2,(H2,15,19). The third-order valence-corrected chi connectivity index (χ3v) is 5.45. The predicted molar refractivity (Wildman–Crippen MR) is 83.4 cm³/mol. The van der Waals surface area contributed by atoms with Crippen LogP contribution in [0, 0.1) is 0 Å². The number of nitrogens with two attached hydrogens (primary N) is 1. The van der Waals surface area contributed by atoms with Gasteiger partial charge in [-0.25, -0.2) is 13.1 Å². The monoisotopic (exact) mass is 342 g/mol. The lowest BCUT2D eigenvalue weighted by Gasteiger charge is -2.12. The zero-order valence-electron chi connectivity index (χ0n) is 11.5. The summed E-state index contributed by atoms with van der Waals surface area (Å²) < 4.78 is 28.0. The molecule has 1 saturated heterocycles. The van der Waals surface area contributed by atoms with Crippen LogP contribution in [0.15, 0.2) is 23.1 Å². The van der Waals surface area contributed by atoms with Crippen molar-refractivity contribution in [2.24, 2.45) is 5.73 Å². The third kappa shape index (κ3) is 2.70. The van der Waals surface area contributed by atoms with E-state index in [0.29, 0.717) is 28.9 Å². The molecule has 0 radical (unpaired) electrons. The minimum Gasteiger partial charge on any atom is -0.364 e. The lowest BCUT2D eigenvalue weighted by Crippen LogP contribution is -2.37. The van der Waals surface area contributed by atoms with Crippen molar-refractivity contribution < 1.29 is 13.2 Å². The van der Waals surface area contributed by atoms with Gasteiger partial charge in [-0.2, -0.15) is 0 Å². The van der Waals surface area contributed by atoms with Crippen molar-refractivity contribution in [2.75, 3.05) is 13.1 Å². The number of sulfonamides is 1. The number of H-pyrrole nitrogens is 1. The number of primary amides is 1. The van der Waals surface area contributed by atoms with Crippen LogP contribution in [0.25, 0.3) is 10.9 Å². The Morgan fingerprint density at radius 1 is 1.41 bits per heavy atom. The van der Waals surface area contributed by atoms with Gasteiger partial charge in [-0.05, 0) is 31.2 Å². The Kier molecular flexibility index (Phi) is 3.85. The van der Waals surface area contributed by atoms with Gasteiger partial charge in [0.1, 0.15) is 10.6 Å². The summed E-state index contributed by atoms with van der Waals surface area (Å²) in [6.07, 6.45) is 0.689. The van der Waals surface area contributed by atoms with Gasteiger partial charge in [-0.15, -0.1) is 0 Å². The maximum atomic E-state index is 12.7.